The Morgan fingerprint density at radius 1 is 1.50 bits per heavy atom. The predicted octanol–water partition coefficient (Wildman–Crippen LogP) is 2.04. The van der Waals surface area contributed by atoms with Gasteiger partial charge in [0.2, 0.25) is 0 Å². The fourth-order valence-electron chi connectivity index (χ4n) is 2.88. The lowest BCUT2D eigenvalue weighted by molar-refractivity contribution is 0.0804. The van der Waals surface area contributed by atoms with Gasteiger partial charge in [-0.05, 0) is 43.6 Å². The molecule has 1 atom stereocenters. The lowest BCUT2D eigenvalue weighted by Crippen LogP contribution is -2.40. The van der Waals surface area contributed by atoms with Crippen molar-refractivity contribution in [2.45, 2.75) is 32.1 Å². The SMILES string of the molecule is COCC1CCCN(CC2(CC#N)CC2)C1. The number of ether oxygens (including phenoxy) is 1. The molecule has 1 saturated heterocycles. The Labute approximate surface area is 98.4 Å². The van der Waals surface area contributed by atoms with Crippen LogP contribution in [0, 0.1) is 22.7 Å². The van der Waals surface area contributed by atoms with Crippen molar-refractivity contribution in [1.29, 1.82) is 5.26 Å². The molecule has 0 radical (unpaired) electrons. The van der Waals surface area contributed by atoms with Crippen LogP contribution in [0.15, 0.2) is 0 Å². The molecule has 16 heavy (non-hydrogen) atoms. The van der Waals surface area contributed by atoms with Crippen molar-refractivity contribution in [3.8, 4) is 6.07 Å². The molecule has 0 aromatic rings. The van der Waals surface area contributed by atoms with Crippen LogP contribution in [0.5, 0.6) is 0 Å². The van der Waals surface area contributed by atoms with E-state index in [0.29, 0.717) is 11.3 Å². The third-order valence-electron chi connectivity index (χ3n) is 3.98. The molecule has 0 amide bonds. The molecule has 0 N–H and O–H groups in total. The molecule has 0 spiro atoms. The van der Waals surface area contributed by atoms with Gasteiger partial charge >= 0.3 is 0 Å². The Kier molecular flexibility index (Phi) is 3.83. The number of nitriles is 1. The van der Waals surface area contributed by atoms with Crippen LogP contribution in [-0.4, -0.2) is 38.3 Å². The van der Waals surface area contributed by atoms with Gasteiger partial charge in [0.15, 0.2) is 0 Å². The molecule has 1 aliphatic heterocycles. The maximum Gasteiger partial charge on any atom is 0.0628 e. The highest BCUT2D eigenvalue weighted by Crippen LogP contribution is 2.49. The van der Waals surface area contributed by atoms with Gasteiger partial charge in [-0.1, -0.05) is 0 Å². The molecule has 0 bridgehead atoms. The molecule has 3 nitrogen and oxygen atoms in total. The molecule has 1 aliphatic carbocycles. The van der Waals surface area contributed by atoms with Crippen LogP contribution in [0.4, 0.5) is 0 Å². The molecular weight excluding hydrogens is 200 g/mol. The van der Waals surface area contributed by atoms with Gasteiger partial charge in [0.05, 0.1) is 12.7 Å². The Bertz CT molecular complexity index is 266. The highest BCUT2D eigenvalue weighted by Gasteiger charge is 2.44. The van der Waals surface area contributed by atoms with E-state index in [9.17, 15) is 0 Å². The molecule has 0 aromatic heterocycles. The van der Waals surface area contributed by atoms with E-state index in [0.717, 1.165) is 19.6 Å². The maximum atomic E-state index is 8.82. The van der Waals surface area contributed by atoms with Crippen LogP contribution < -0.4 is 0 Å². The number of nitrogens with zero attached hydrogens (tertiary/aromatic N) is 2. The Balaban J connectivity index is 1.79. The van der Waals surface area contributed by atoms with E-state index >= 15 is 0 Å². The van der Waals surface area contributed by atoms with Gasteiger partial charge in [-0.2, -0.15) is 5.26 Å². The van der Waals surface area contributed by atoms with Crippen molar-refractivity contribution in [2.24, 2.45) is 11.3 Å². The first-order valence-electron chi connectivity index (χ1n) is 6.36. The summed E-state index contributed by atoms with van der Waals surface area (Å²) in [4.78, 5) is 2.55. The highest BCUT2D eigenvalue weighted by molar-refractivity contribution is 5.01. The average molecular weight is 222 g/mol. The molecule has 1 saturated carbocycles. The van der Waals surface area contributed by atoms with Crippen LogP contribution >= 0.6 is 0 Å². The van der Waals surface area contributed by atoms with E-state index in [2.05, 4.69) is 11.0 Å². The maximum absolute atomic E-state index is 8.82. The zero-order chi connectivity index (χ0) is 11.4. The second kappa shape index (κ2) is 5.16. The molecule has 2 rings (SSSR count). The van der Waals surface area contributed by atoms with E-state index in [-0.39, 0.29) is 0 Å². The van der Waals surface area contributed by atoms with Crippen LogP contribution in [0.1, 0.15) is 32.1 Å². The minimum Gasteiger partial charge on any atom is -0.384 e. The second-order valence-corrected chi connectivity index (χ2v) is 5.53. The lowest BCUT2D eigenvalue weighted by Gasteiger charge is -2.34. The number of likely N-dealkylation sites (tertiary alicyclic amines) is 1. The van der Waals surface area contributed by atoms with Crippen LogP contribution in [0.3, 0.4) is 0 Å². The average Bonchev–Trinajstić information content (AvgIpc) is 2.99. The third-order valence-corrected chi connectivity index (χ3v) is 3.98. The number of hydrogen-bond acceptors (Lipinski definition) is 3. The van der Waals surface area contributed by atoms with E-state index in [4.69, 9.17) is 10.00 Å². The number of hydrogen-bond donors (Lipinski definition) is 0. The summed E-state index contributed by atoms with van der Waals surface area (Å²) in [7, 11) is 1.79. The van der Waals surface area contributed by atoms with E-state index < -0.39 is 0 Å². The van der Waals surface area contributed by atoms with Crippen molar-refractivity contribution < 1.29 is 4.74 Å². The minimum absolute atomic E-state index is 0.365. The molecule has 1 unspecified atom stereocenters. The highest BCUT2D eigenvalue weighted by atomic mass is 16.5. The molecule has 0 aromatic carbocycles. The first-order chi connectivity index (χ1) is 7.78. The van der Waals surface area contributed by atoms with Crippen molar-refractivity contribution in [2.75, 3.05) is 33.4 Å². The van der Waals surface area contributed by atoms with E-state index in [1.807, 2.05) is 0 Å². The molecular formula is C13H22N2O. The Morgan fingerprint density at radius 2 is 2.31 bits per heavy atom. The second-order valence-electron chi connectivity index (χ2n) is 5.53. The first kappa shape index (κ1) is 11.9. The lowest BCUT2D eigenvalue weighted by atomic mass is 9.96. The van der Waals surface area contributed by atoms with Crippen molar-refractivity contribution in [3.63, 3.8) is 0 Å². The fourth-order valence-corrected chi connectivity index (χ4v) is 2.88. The van der Waals surface area contributed by atoms with Crippen molar-refractivity contribution >= 4 is 0 Å². The standard InChI is InChI=1S/C13H22N2O/c1-16-10-12-3-2-8-15(9-12)11-13(4-5-13)6-7-14/h12H,2-6,8-11H2,1H3. The summed E-state index contributed by atoms with van der Waals surface area (Å²) in [6.45, 7) is 4.41. The molecule has 2 fully saturated rings. The fraction of sp³-hybridized carbons (Fsp3) is 0.923. The molecule has 1 heterocycles. The molecule has 3 heteroatoms. The van der Waals surface area contributed by atoms with Crippen LogP contribution in [0.25, 0.3) is 0 Å². The molecule has 2 aliphatic rings. The minimum atomic E-state index is 0.365. The van der Waals surface area contributed by atoms with E-state index in [1.165, 1.54) is 38.8 Å². The summed E-state index contributed by atoms with van der Waals surface area (Å²) >= 11 is 0. The third kappa shape index (κ3) is 2.96. The summed E-state index contributed by atoms with van der Waals surface area (Å²) in [6, 6.07) is 2.35. The summed E-state index contributed by atoms with van der Waals surface area (Å²) in [5.74, 6) is 0.705. The number of methoxy groups -OCH3 is 1. The van der Waals surface area contributed by atoms with Gasteiger partial charge < -0.3 is 9.64 Å². The zero-order valence-corrected chi connectivity index (χ0v) is 10.2. The summed E-state index contributed by atoms with van der Waals surface area (Å²) in [5, 5.41) is 8.82. The van der Waals surface area contributed by atoms with Gasteiger partial charge in [-0.3, -0.25) is 0 Å². The topological polar surface area (TPSA) is 36.3 Å². The van der Waals surface area contributed by atoms with Crippen molar-refractivity contribution in [3.05, 3.63) is 0 Å². The Hall–Kier alpha value is -0.590. The quantitative estimate of drug-likeness (QED) is 0.714. The van der Waals surface area contributed by atoms with E-state index in [1.54, 1.807) is 7.11 Å². The van der Waals surface area contributed by atoms with Gasteiger partial charge in [0.1, 0.15) is 0 Å². The number of piperidine rings is 1. The monoisotopic (exact) mass is 222 g/mol. The van der Waals surface area contributed by atoms with Crippen molar-refractivity contribution in [1.82, 2.24) is 4.90 Å². The normalized spacial score (nSPS) is 28.6. The smallest absolute Gasteiger partial charge is 0.0628 e. The van der Waals surface area contributed by atoms with Crippen LogP contribution in [-0.2, 0) is 4.74 Å². The Morgan fingerprint density at radius 3 is 2.94 bits per heavy atom. The van der Waals surface area contributed by atoms with Crippen LogP contribution in [0.2, 0.25) is 0 Å². The summed E-state index contributed by atoms with van der Waals surface area (Å²) in [6.07, 6.45) is 5.85. The van der Waals surface area contributed by atoms with Gasteiger partial charge in [0, 0.05) is 26.6 Å². The first-order valence-corrected chi connectivity index (χ1v) is 6.36. The van der Waals surface area contributed by atoms with Gasteiger partial charge in [-0.25, -0.2) is 0 Å². The van der Waals surface area contributed by atoms with Gasteiger partial charge in [0.25, 0.3) is 0 Å². The number of rotatable bonds is 5. The van der Waals surface area contributed by atoms with Gasteiger partial charge in [-0.15, -0.1) is 0 Å². The zero-order valence-electron chi connectivity index (χ0n) is 10.2. The summed E-state index contributed by atoms with van der Waals surface area (Å²) < 4.78 is 5.24. The predicted molar refractivity (Wildman–Crippen MR) is 62.9 cm³/mol. The largest absolute Gasteiger partial charge is 0.384 e. The molecule has 90 valence electrons. The summed E-state index contributed by atoms with van der Waals surface area (Å²) in [5.41, 5.74) is 0.365.